The van der Waals surface area contributed by atoms with Gasteiger partial charge in [-0.15, -0.1) is 0 Å². The highest BCUT2D eigenvalue weighted by Crippen LogP contribution is 2.13. The summed E-state index contributed by atoms with van der Waals surface area (Å²) in [5, 5.41) is 38.0. The van der Waals surface area contributed by atoms with Crippen LogP contribution < -0.4 is 0 Å². The lowest BCUT2D eigenvalue weighted by atomic mass is 10.0. The van der Waals surface area contributed by atoms with E-state index in [2.05, 4.69) is 0 Å². The number of aliphatic hydroxyl groups excluding tert-OH is 3. The number of hydrogen-bond acceptors (Lipinski definition) is 4. The maximum atomic E-state index is 10.3. The van der Waals surface area contributed by atoms with E-state index in [4.69, 9.17) is 5.11 Å². The van der Waals surface area contributed by atoms with Crippen LogP contribution in [0.4, 0.5) is 0 Å². The van der Waals surface area contributed by atoms with Crippen LogP contribution in [0.2, 0.25) is 0 Å². The molecule has 3 atom stereocenters. The van der Waals surface area contributed by atoms with Crippen LogP contribution in [-0.2, 0) is 4.79 Å². The van der Waals surface area contributed by atoms with Crippen molar-refractivity contribution in [2.45, 2.75) is 83.0 Å². The van der Waals surface area contributed by atoms with Crippen molar-refractivity contribution in [1.82, 2.24) is 0 Å². The van der Waals surface area contributed by atoms with Crippen LogP contribution in [0.25, 0.3) is 0 Å². The van der Waals surface area contributed by atoms with Gasteiger partial charge in [-0.3, -0.25) is 4.79 Å². The van der Waals surface area contributed by atoms with Gasteiger partial charge >= 0.3 is 5.97 Å². The molecule has 0 fully saturated rings. The highest BCUT2D eigenvalue weighted by Gasteiger charge is 2.21. The molecule has 23 heavy (non-hydrogen) atoms. The van der Waals surface area contributed by atoms with Gasteiger partial charge in [-0.2, -0.15) is 0 Å². The van der Waals surface area contributed by atoms with Gasteiger partial charge in [-0.25, -0.2) is 0 Å². The smallest absolute Gasteiger partial charge is 0.303 e. The number of carboxylic acid groups (broad SMARTS) is 1. The number of aliphatic hydroxyl groups is 3. The topological polar surface area (TPSA) is 98.0 Å². The van der Waals surface area contributed by atoms with E-state index in [1.807, 2.05) is 19.1 Å². The Bertz CT molecular complexity index is 351. The van der Waals surface area contributed by atoms with Crippen molar-refractivity contribution in [1.29, 1.82) is 0 Å². The molecule has 4 N–H and O–H groups in total. The van der Waals surface area contributed by atoms with Gasteiger partial charge in [-0.05, 0) is 25.7 Å². The fraction of sp³-hybridized carbons (Fsp3) is 0.722. The summed E-state index contributed by atoms with van der Waals surface area (Å²) in [7, 11) is 0. The highest BCUT2D eigenvalue weighted by molar-refractivity contribution is 5.66. The molecule has 0 rings (SSSR count). The number of unbranched alkanes of at least 4 members (excludes halogenated alkanes) is 4. The average Bonchev–Trinajstić information content (AvgIpc) is 2.52. The Balaban J connectivity index is 3.77. The van der Waals surface area contributed by atoms with Crippen molar-refractivity contribution in [3.63, 3.8) is 0 Å². The number of rotatable bonds is 14. The third-order valence-corrected chi connectivity index (χ3v) is 3.64. The molecular weight excluding hydrogens is 296 g/mol. The lowest BCUT2D eigenvalue weighted by Gasteiger charge is -2.20. The molecule has 0 aromatic carbocycles. The second-order valence-corrected chi connectivity index (χ2v) is 5.79. The average molecular weight is 328 g/mol. The van der Waals surface area contributed by atoms with Gasteiger partial charge in [0.15, 0.2) is 0 Å². The van der Waals surface area contributed by atoms with Gasteiger partial charge in [0.2, 0.25) is 0 Å². The molecule has 0 aromatic heterocycles. The second kappa shape index (κ2) is 14.4. The summed E-state index contributed by atoms with van der Waals surface area (Å²) in [6, 6.07) is 0. The van der Waals surface area contributed by atoms with Crippen LogP contribution >= 0.6 is 0 Å². The van der Waals surface area contributed by atoms with Crippen molar-refractivity contribution in [3.8, 4) is 0 Å². The number of hydrogen-bond donors (Lipinski definition) is 4. The molecule has 134 valence electrons. The maximum absolute atomic E-state index is 10.3. The lowest BCUT2D eigenvalue weighted by molar-refractivity contribution is -0.137. The summed E-state index contributed by atoms with van der Waals surface area (Å²) >= 11 is 0. The SMILES string of the molecule is CC/C=C\C/C=C\[C@@H](O)[C@@H](O)[C@@H](O)CCCCCCCC(=O)O. The van der Waals surface area contributed by atoms with E-state index in [-0.39, 0.29) is 6.42 Å². The van der Waals surface area contributed by atoms with Crippen LogP contribution in [0.5, 0.6) is 0 Å². The van der Waals surface area contributed by atoms with Gasteiger partial charge in [0.25, 0.3) is 0 Å². The van der Waals surface area contributed by atoms with Crippen LogP contribution in [-0.4, -0.2) is 44.7 Å². The zero-order chi connectivity index (χ0) is 17.5. The van der Waals surface area contributed by atoms with Crippen molar-refractivity contribution < 1.29 is 25.2 Å². The fourth-order valence-corrected chi connectivity index (χ4v) is 2.23. The third kappa shape index (κ3) is 13.0. The maximum Gasteiger partial charge on any atom is 0.303 e. The van der Waals surface area contributed by atoms with E-state index in [0.29, 0.717) is 19.3 Å². The minimum atomic E-state index is -1.17. The second-order valence-electron chi connectivity index (χ2n) is 5.79. The molecule has 0 radical (unpaired) electrons. The minimum Gasteiger partial charge on any atom is -0.481 e. The first-order valence-electron chi connectivity index (χ1n) is 8.56. The predicted octanol–water partition coefficient (Wildman–Crippen LogP) is 2.80. The van der Waals surface area contributed by atoms with Crippen molar-refractivity contribution in [2.75, 3.05) is 0 Å². The molecule has 0 saturated heterocycles. The zero-order valence-electron chi connectivity index (χ0n) is 14.1. The Kier molecular flexibility index (Phi) is 13.7. The normalized spacial score (nSPS) is 16.0. The van der Waals surface area contributed by atoms with Gasteiger partial charge in [0.1, 0.15) is 12.2 Å². The van der Waals surface area contributed by atoms with Gasteiger partial charge in [0, 0.05) is 6.42 Å². The third-order valence-electron chi connectivity index (χ3n) is 3.64. The van der Waals surface area contributed by atoms with Crippen molar-refractivity contribution in [3.05, 3.63) is 24.3 Å². The van der Waals surface area contributed by atoms with Gasteiger partial charge in [-0.1, -0.05) is 56.9 Å². The Morgan fingerprint density at radius 2 is 1.61 bits per heavy atom. The largest absolute Gasteiger partial charge is 0.481 e. The summed E-state index contributed by atoms with van der Waals surface area (Å²) in [5.41, 5.74) is 0. The summed E-state index contributed by atoms with van der Waals surface area (Å²) in [5.74, 6) is -0.768. The molecule has 5 heteroatoms. The van der Waals surface area contributed by atoms with E-state index in [9.17, 15) is 20.1 Å². The van der Waals surface area contributed by atoms with E-state index in [1.165, 1.54) is 6.08 Å². The Hall–Kier alpha value is -1.17. The van der Waals surface area contributed by atoms with Crippen LogP contribution in [0.3, 0.4) is 0 Å². The fourth-order valence-electron chi connectivity index (χ4n) is 2.23. The molecule has 0 aliphatic rings. The van der Waals surface area contributed by atoms with E-state index >= 15 is 0 Å². The van der Waals surface area contributed by atoms with Crippen LogP contribution in [0.15, 0.2) is 24.3 Å². The molecule has 0 saturated carbocycles. The van der Waals surface area contributed by atoms with E-state index in [1.54, 1.807) is 6.08 Å². The van der Waals surface area contributed by atoms with Gasteiger partial charge < -0.3 is 20.4 Å². The molecule has 0 aromatic rings. The van der Waals surface area contributed by atoms with Crippen LogP contribution in [0.1, 0.15) is 64.7 Å². The standard InChI is InChI=1S/C18H32O5/c1-2-3-4-6-9-12-15(19)18(23)16(20)13-10-7-5-8-11-14-17(21)22/h3-4,9,12,15-16,18-20,23H,2,5-8,10-11,13-14H2,1H3,(H,21,22)/b4-3-,12-9-/t15-,16+,18-/m1/s1. The Morgan fingerprint density at radius 3 is 2.26 bits per heavy atom. The predicted molar refractivity (Wildman–Crippen MR) is 91.2 cm³/mol. The molecule has 0 heterocycles. The van der Waals surface area contributed by atoms with Crippen LogP contribution in [0, 0.1) is 0 Å². The number of allylic oxidation sites excluding steroid dienone is 3. The minimum absolute atomic E-state index is 0.202. The molecular formula is C18H32O5. The molecule has 0 unspecified atom stereocenters. The molecule has 0 aliphatic carbocycles. The molecule has 0 aliphatic heterocycles. The Labute approximate surface area is 139 Å². The molecule has 0 bridgehead atoms. The summed E-state index contributed by atoms with van der Waals surface area (Å²) in [4.78, 5) is 10.3. The number of carbonyl (C=O) groups is 1. The van der Waals surface area contributed by atoms with Crippen molar-refractivity contribution >= 4 is 5.97 Å². The zero-order valence-corrected chi connectivity index (χ0v) is 14.1. The van der Waals surface area contributed by atoms with Gasteiger partial charge in [0.05, 0.1) is 6.10 Å². The first-order chi connectivity index (χ1) is 11.0. The number of carboxylic acids is 1. The molecule has 0 spiro atoms. The summed E-state index contributed by atoms with van der Waals surface area (Å²) in [6.07, 6.45) is 10.5. The molecule has 5 nitrogen and oxygen atoms in total. The molecule has 0 amide bonds. The first kappa shape index (κ1) is 21.8. The monoisotopic (exact) mass is 328 g/mol. The van der Waals surface area contributed by atoms with E-state index < -0.39 is 24.3 Å². The first-order valence-corrected chi connectivity index (χ1v) is 8.56. The van der Waals surface area contributed by atoms with Crippen molar-refractivity contribution in [2.24, 2.45) is 0 Å². The number of aliphatic carboxylic acids is 1. The summed E-state index contributed by atoms with van der Waals surface area (Å²) < 4.78 is 0. The summed E-state index contributed by atoms with van der Waals surface area (Å²) in [6.45, 7) is 2.04. The van der Waals surface area contributed by atoms with E-state index in [0.717, 1.165) is 32.1 Å². The lowest BCUT2D eigenvalue weighted by Crippen LogP contribution is -2.36. The quantitative estimate of drug-likeness (QED) is 0.290. The highest BCUT2D eigenvalue weighted by atomic mass is 16.4. The Morgan fingerprint density at radius 1 is 0.957 bits per heavy atom.